The third-order valence-electron chi connectivity index (χ3n) is 7.36. The molecular formula is C31H34BrFN2O5. The summed E-state index contributed by atoms with van der Waals surface area (Å²) in [5.41, 5.74) is 2.02. The Morgan fingerprint density at radius 2 is 2.02 bits per heavy atom. The summed E-state index contributed by atoms with van der Waals surface area (Å²) in [6.07, 6.45) is 4.11. The molecule has 7 nitrogen and oxygen atoms in total. The fourth-order valence-electron chi connectivity index (χ4n) is 5.26. The summed E-state index contributed by atoms with van der Waals surface area (Å²) in [5, 5.41) is 6.51. The number of amides is 1. The fourth-order valence-corrected chi connectivity index (χ4v) is 5.50. The third-order valence-corrected chi connectivity index (χ3v) is 8.00. The van der Waals surface area contributed by atoms with Crippen LogP contribution in [0.15, 0.2) is 59.1 Å². The van der Waals surface area contributed by atoms with Gasteiger partial charge in [-0.1, -0.05) is 6.07 Å². The van der Waals surface area contributed by atoms with E-state index in [0.29, 0.717) is 46.3 Å². The summed E-state index contributed by atoms with van der Waals surface area (Å²) in [7, 11) is 1.59. The Bertz CT molecular complexity index is 1360. The summed E-state index contributed by atoms with van der Waals surface area (Å²) in [6, 6.07) is 15.8. The molecule has 212 valence electrons. The van der Waals surface area contributed by atoms with Crippen molar-refractivity contribution in [2.24, 2.45) is 0 Å². The van der Waals surface area contributed by atoms with Crippen LogP contribution in [0.3, 0.4) is 0 Å². The molecule has 1 saturated heterocycles. The molecule has 3 aromatic carbocycles. The fraction of sp³-hybridized carbons (Fsp3) is 0.387. The van der Waals surface area contributed by atoms with Crippen molar-refractivity contribution in [1.82, 2.24) is 5.32 Å². The van der Waals surface area contributed by atoms with Crippen LogP contribution in [0, 0.1) is 5.82 Å². The SMILES string of the molecule is COc1cccc(NC(=O)C[C@@]2(C)NCCc3cc(OCC4CCCCO4)c(Oc4ccc(Br)c(F)c4)cc32)c1. The quantitative estimate of drug-likeness (QED) is 0.279. The minimum Gasteiger partial charge on any atom is -0.497 e. The van der Waals surface area contributed by atoms with Crippen LogP contribution in [0.25, 0.3) is 0 Å². The van der Waals surface area contributed by atoms with Gasteiger partial charge < -0.3 is 29.6 Å². The molecule has 9 heteroatoms. The van der Waals surface area contributed by atoms with Gasteiger partial charge in [0.15, 0.2) is 11.5 Å². The van der Waals surface area contributed by atoms with Gasteiger partial charge >= 0.3 is 0 Å². The Balaban J connectivity index is 1.42. The lowest BCUT2D eigenvalue weighted by atomic mass is 9.81. The maximum atomic E-state index is 14.3. The smallest absolute Gasteiger partial charge is 0.226 e. The van der Waals surface area contributed by atoms with E-state index in [1.54, 1.807) is 25.3 Å². The molecule has 0 aromatic heterocycles. The number of fused-ring (bicyclic) bond motifs is 1. The number of halogens is 2. The van der Waals surface area contributed by atoms with Gasteiger partial charge in [0.05, 0.1) is 17.7 Å². The molecule has 1 fully saturated rings. The number of nitrogens with one attached hydrogen (secondary N) is 2. The minimum atomic E-state index is -0.662. The summed E-state index contributed by atoms with van der Waals surface area (Å²) in [5.74, 6) is 1.49. The standard InChI is InChI=1S/C31H34BrFN2O5/c1-31(18-30(36)35-21-6-5-8-22(15-21)37-2)25-17-29(40-23-9-10-26(32)27(33)16-23)28(14-20(25)11-12-34-31)39-19-24-7-3-4-13-38-24/h5-6,8-10,14-17,24,34H,3-4,7,11-13,18-19H2,1-2H3,(H,35,36)/t24?,31-/m1/s1. The van der Waals surface area contributed by atoms with Crippen molar-refractivity contribution in [3.8, 4) is 23.0 Å². The van der Waals surface area contributed by atoms with Crippen LogP contribution in [0.1, 0.15) is 43.7 Å². The van der Waals surface area contributed by atoms with E-state index in [1.165, 1.54) is 6.07 Å². The first-order chi connectivity index (χ1) is 19.3. The zero-order chi connectivity index (χ0) is 28.1. The second kappa shape index (κ2) is 12.6. The van der Waals surface area contributed by atoms with Crippen LogP contribution in [0.2, 0.25) is 0 Å². The summed E-state index contributed by atoms with van der Waals surface area (Å²) >= 11 is 3.19. The second-order valence-electron chi connectivity index (χ2n) is 10.4. The van der Waals surface area contributed by atoms with E-state index in [0.717, 1.165) is 43.4 Å². The van der Waals surface area contributed by atoms with Gasteiger partial charge in [-0.15, -0.1) is 0 Å². The molecule has 40 heavy (non-hydrogen) atoms. The van der Waals surface area contributed by atoms with Crippen LogP contribution in [-0.4, -0.2) is 38.9 Å². The van der Waals surface area contributed by atoms with Gasteiger partial charge in [0.25, 0.3) is 0 Å². The number of ether oxygens (including phenoxy) is 4. The Morgan fingerprint density at radius 1 is 1.15 bits per heavy atom. The molecule has 3 aromatic rings. The predicted molar refractivity (Wildman–Crippen MR) is 155 cm³/mol. The number of anilines is 1. The van der Waals surface area contributed by atoms with Crippen LogP contribution in [0.5, 0.6) is 23.0 Å². The van der Waals surface area contributed by atoms with E-state index in [4.69, 9.17) is 18.9 Å². The average molecular weight is 614 g/mol. The highest BCUT2D eigenvalue weighted by Gasteiger charge is 2.35. The molecule has 2 aliphatic heterocycles. The van der Waals surface area contributed by atoms with Crippen LogP contribution in [0.4, 0.5) is 10.1 Å². The van der Waals surface area contributed by atoms with Gasteiger partial charge in [-0.3, -0.25) is 4.79 Å². The van der Waals surface area contributed by atoms with Gasteiger partial charge in [-0.05, 0) is 96.1 Å². The molecule has 1 amide bonds. The molecule has 1 unspecified atom stereocenters. The Kier molecular flexibility index (Phi) is 8.93. The minimum absolute atomic E-state index is 0.0231. The lowest BCUT2D eigenvalue weighted by Crippen LogP contribution is -2.47. The van der Waals surface area contributed by atoms with Gasteiger partial charge in [0, 0.05) is 42.9 Å². The van der Waals surface area contributed by atoms with E-state index >= 15 is 0 Å². The lowest BCUT2D eigenvalue weighted by Gasteiger charge is -2.37. The van der Waals surface area contributed by atoms with E-state index in [-0.39, 0.29) is 18.4 Å². The molecule has 2 N–H and O–H groups in total. The number of benzene rings is 3. The molecule has 0 saturated carbocycles. The van der Waals surface area contributed by atoms with Crippen molar-refractivity contribution in [3.05, 3.63) is 76.0 Å². The van der Waals surface area contributed by atoms with Crippen molar-refractivity contribution in [2.45, 2.75) is 50.7 Å². The van der Waals surface area contributed by atoms with E-state index in [9.17, 15) is 9.18 Å². The largest absolute Gasteiger partial charge is 0.497 e. The molecule has 2 aliphatic rings. The molecule has 0 radical (unpaired) electrons. The Hall–Kier alpha value is -3.14. The monoisotopic (exact) mass is 612 g/mol. The Labute approximate surface area is 242 Å². The normalized spacial score (nSPS) is 20.4. The van der Waals surface area contributed by atoms with E-state index < -0.39 is 11.4 Å². The maximum Gasteiger partial charge on any atom is 0.226 e. The molecule has 2 atom stereocenters. The van der Waals surface area contributed by atoms with Gasteiger partial charge in [0.2, 0.25) is 5.91 Å². The first-order valence-electron chi connectivity index (χ1n) is 13.6. The van der Waals surface area contributed by atoms with Crippen LogP contribution in [-0.2, 0) is 21.5 Å². The average Bonchev–Trinajstić information content (AvgIpc) is 2.95. The highest BCUT2D eigenvalue weighted by molar-refractivity contribution is 9.10. The van der Waals surface area contributed by atoms with Crippen molar-refractivity contribution >= 4 is 27.5 Å². The molecule has 0 bridgehead atoms. The molecule has 0 aliphatic carbocycles. The van der Waals surface area contributed by atoms with Crippen LogP contribution >= 0.6 is 15.9 Å². The first kappa shape index (κ1) is 28.4. The number of hydrogen-bond donors (Lipinski definition) is 2. The summed E-state index contributed by atoms with van der Waals surface area (Å²) in [4.78, 5) is 13.2. The first-order valence-corrected chi connectivity index (χ1v) is 14.4. The second-order valence-corrected chi connectivity index (χ2v) is 11.3. The highest BCUT2D eigenvalue weighted by Crippen LogP contribution is 2.41. The van der Waals surface area contributed by atoms with Crippen molar-refractivity contribution in [3.63, 3.8) is 0 Å². The zero-order valence-corrected chi connectivity index (χ0v) is 24.3. The van der Waals surface area contributed by atoms with Crippen molar-refractivity contribution in [2.75, 3.05) is 32.2 Å². The maximum absolute atomic E-state index is 14.3. The molecule has 0 spiro atoms. The van der Waals surface area contributed by atoms with Crippen molar-refractivity contribution < 1.29 is 28.1 Å². The number of carbonyl (C=O) groups excluding carboxylic acids is 1. The topological polar surface area (TPSA) is 78.1 Å². The zero-order valence-electron chi connectivity index (χ0n) is 22.7. The summed E-state index contributed by atoms with van der Waals surface area (Å²) in [6.45, 7) is 3.86. The molecule has 5 rings (SSSR count). The molecular weight excluding hydrogens is 579 g/mol. The number of hydrogen-bond acceptors (Lipinski definition) is 6. The van der Waals surface area contributed by atoms with Crippen LogP contribution < -0.4 is 24.8 Å². The number of methoxy groups -OCH3 is 1. The van der Waals surface area contributed by atoms with Gasteiger partial charge in [0.1, 0.15) is 23.9 Å². The Morgan fingerprint density at radius 3 is 2.80 bits per heavy atom. The number of rotatable bonds is 9. The third kappa shape index (κ3) is 6.77. The van der Waals surface area contributed by atoms with E-state index in [2.05, 4.69) is 26.6 Å². The van der Waals surface area contributed by atoms with Crippen molar-refractivity contribution in [1.29, 1.82) is 0 Å². The predicted octanol–water partition coefficient (Wildman–Crippen LogP) is 6.73. The summed E-state index contributed by atoms with van der Waals surface area (Å²) < 4.78 is 38.2. The van der Waals surface area contributed by atoms with Gasteiger partial charge in [-0.2, -0.15) is 0 Å². The molecule has 2 heterocycles. The number of carbonyl (C=O) groups is 1. The highest BCUT2D eigenvalue weighted by atomic mass is 79.9. The lowest BCUT2D eigenvalue weighted by molar-refractivity contribution is -0.117. The van der Waals surface area contributed by atoms with E-state index in [1.807, 2.05) is 37.3 Å². The van der Waals surface area contributed by atoms with Gasteiger partial charge in [-0.25, -0.2) is 4.39 Å².